The van der Waals surface area contributed by atoms with E-state index in [4.69, 9.17) is 0 Å². The zero-order valence-electron chi connectivity index (χ0n) is 13.9. The van der Waals surface area contributed by atoms with Crippen molar-refractivity contribution in [1.82, 2.24) is 15.3 Å². The third-order valence-corrected chi connectivity index (χ3v) is 4.73. The molecule has 5 nitrogen and oxygen atoms in total. The summed E-state index contributed by atoms with van der Waals surface area (Å²) in [6, 6.07) is 8.06. The van der Waals surface area contributed by atoms with E-state index in [1.807, 2.05) is 31.2 Å². The number of rotatable bonds is 4. The highest BCUT2D eigenvalue weighted by Crippen LogP contribution is 2.26. The van der Waals surface area contributed by atoms with E-state index in [0.29, 0.717) is 0 Å². The molecule has 1 aliphatic rings. The Balaban J connectivity index is 1.61. The van der Waals surface area contributed by atoms with Crippen LogP contribution in [0.15, 0.2) is 43.0 Å². The Hall–Kier alpha value is -2.27. The Kier molecular flexibility index (Phi) is 5.20. The minimum atomic E-state index is -0.235. The maximum atomic E-state index is 12.4. The first-order chi connectivity index (χ1) is 11.6. The van der Waals surface area contributed by atoms with Gasteiger partial charge in [0, 0.05) is 23.9 Å². The van der Waals surface area contributed by atoms with Gasteiger partial charge in [-0.05, 0) is 43.7 Å². The monoisotopic (exact) mass is 325 g/mol. The van der Waals surface area contributed by atoms with Gasteiger partial charge in [-0.2, -0.15) is 0 Å². The van der Waals surface area contributed by atoms with E-state index in [2.05, 4.69) is 15.3 Å². The van der Waals surface area contributed by atoms with Gasteiger partial charge in [0.15, 0.2) is 0 Å². The first kappa shape index (κ1) is 16.6. The van der Waals surface area contributed by atoms with Crippen molar-refractivity contribution in [2.75, 3.05) is 0 Å². The fourth-order valence-electron chi connectivity index (χ4n) is 3.16. The second-order valence-electron chi connectivity index (χ2n) is 6.48. The summed E-state index contributed by atoms with van der Waals surface area (Å²) in [6.07, 6.45) is 7.83. The van der Waals surface area contributed by atoms with Crippen LogP contribution in [0.3, 0.4) is 0 Å². The van der Waals surface area contributed by atoms with Crippen LogP contribution in [0.25, 0.3) is 11.1 Å². The summed E-state index contributed by atoms with van der Waals surface area (Å²) < 4.78 is 0. The molecule has 2 N–H and O–H groups in total. The molecule has 24 heavy (non-hydrogen) atoms. The molecule has 0 unspecified atom stereocenters. The molecule has 0 bridgehead atoms. The molecular formula is C19H23N3O2. The lowest BCUT2D eigenvalue weighted by Crippen LogP contribution is -2.35. The van der Waals surface area contributed by atoms with Gasteiger partial charge in [0.05, 0.1) is 12.1 Å². The summed E-state index contributed by atoms with van der Waals surface area (Å²) in [5.41, 5.74) is 3.10. The van der Waals surface area contributed by atoms with E-state index in [1.54, 1.807) is 12.4 Å². The number of hydrogen-bond donors (Lipinski definition) is 2. The summed E-state index contributed by atoms with van der Waals surface area (Å²) in [5, 5.41) is 12.6. The zero-order valence-corrected chi connectivity index (χ0v) is 13.9. The SMILES string of the molecule is C[C@H](NC(=O)C1CCC(O)CC1)c1ccc(-c2cncnc2)cc1. The smallest absolute Gasteiger partial charge is 0.223 e. The third-order valence-electron chi connectivity index (χ3n) is 4.73. The summed E-state index contributed by atoms with van der Waals surface area (Å²) in [6.45, 7) is 2.00. The van der Waals surface area contributed by atoms with Gasteiger partial charge in [0.1, 0.15) is 6.33 Å². The normalized spacial score (nSPS) is 21.9. The lowest BCUT2D eigenvalue weighted by atomic mass is 9.86. The van der Waals surface area contributed by atoms with E-state index in [-0.39, 0.29) is 24.0 Å². The molecular weight excluding hydrogens is 302 g/mol. The highest BCUT2D eigenvalue weighted by Gasteiger charge is 2.26. The molecule has 1 atom stereocenters. The Morgan fingerprint density at radius 1 is 1.08 bits per heavy atom. The number of aromatic nitrogens is 2. The minimum absolute atomic E-state index is 0.0246. The molecule has 1 fully saturated rings. The summed E-state index contributed by atoms with van der Waals surface area (Å²) >= 11 is 0. The molecule has 1 amide bonds. The van der Waals surface area contributed by atoms with Crippen molar-refractivity contribution >= 4 is 5.91 Å². The fraction of sp³-hybridized carbons (Fsp3) is 0.421. The van der Waals surface area contributed by atoms with E-state index < -0.39 is 0 Å². The van der Waals surface area contributed by atoms with Crippen molar-refractivity contribution in [1.29, 1.82) is 0 Å². The summed E-state index contributed by atoms with van der Waals surface area (Å²) in [7, 11) is 0. The van der Waals surface area contributed by atoms with E-state index in [0.717, 1.165) is 42.4 Å². The molecule has 1 heterocycles. The lowest BCUT2D eigenvalue weighted by Gasteiger charge is -2.26. The molecule has 0 saturated heterocycles. The number of nitrogens with one attached hydrogen (secondary N) is 1. The topological polar surface area (TPSA) is 75.1 Å². The van der Waals surface area contributed by atoms with Gasteiger partial charge in [-0.3, -0.25) is 4.79 Å². The second-order valence-corrected chi connectivity index (χ2v) is 6.48. The molecule has 1 aromatic heterocycles. The first-order valence-corrected chi connectivity index (χ1v) is 8.47. The molecule has 126 valence electrons. The molecule has 0 spiro atoms. The lowest BCUT2D eigenvalue weighted by molar-refractivity contribution is -0.127. The van der Waals surface area contributed by atoms with E-state index in [9.17, 15) is 9.90 Å². The van der Waals surface area contributed by atoms with Crippen molar-refractivity contribution in [3.63, 3.8) is 0 Å². The highest BCUT2D eigenvalue weighted by molar-refractivity contribution is 5.79. The van der Waals surface area contributed by atoms with Crippen LogP contribution in [0.1, 0.15) is 44.2 Å². The van der Waals surface area contributed by atoms with E-state index >= 15 is 0 Å². The molecule has 3 rings (SSSR count). The van der Waals surface area contributed by atoms with Crippen LogP contribution in [0.5, 0.6) is 0 Å². The Bertz CT molecular complexity index is 665. The molecule has 1 aliphatic carbocycles. The van der Waals surface area contributed by atoms with Crippen LogP contribution in [0, 0.1) is 5.92 Å². The van der Waals surface area contributed by atoms with Gasteiger partial charge in [-0.1, -0.05) is 24.3 Å². The van der Waals surface area contributed by atoms with Crippen molar-refractivity contribution in [3.8, 4) is 11.1 Å². The van der Waals surface area contributed by atoms with Gasteiger partial charge in [-0.15, -0.1) is 0 Å². The van der Waals surface area contributed by atoms with Gasteiger partial charge >= 0.3 is 0 Å². The number of carbonyl (C=O) groups is 1. The third kappa shape index (κ3) is 3.97. The molecule has 5 heteroatoms. The zero-order chi connectivity index (χ0) is 16.9. The van der Waals surface area contributed by atoms with Crippen LogP contribution in [0.2, 0.25) is 0 Å². The van der Waals surface area contributed by atoms with Crippen LogP contribution < -0.4 is 5.32 Å². The standard InChI is InChI=1S/C19H23N3O2/c1-13(22-19(24)16-6-8-18(23)9-7-16)14-2-4-15(5-3-14)17-10-20-12-21-11-17/h2-5,10-13,16,18,23H,6-9H2,1H3,(H,22,24)/t13-,16?,18?/m0/s1. The van der Waals surface area contributed by atoms with Crippen molar-refractivity contribution in [2.24, 2.45) is 5.92 Å². The summed E-state index contributed by atoms with van der Waals surface area (Å²) in [5.74, 6) is 0.117. The van der Waals surface area contributed by atoms with Gasteiger partial charge in [0.2, 0.25) is 5.91 Å². The highest BCUT2D eigenvalue weighted by atomic mass is 16.3. The second kappa shape index (κ2) is 7.53. The first-order valence-electron chi connectivity index (χ1n) is 8.47. The quantitative estimate of drug-likeness (QED) is 0.906. The molecule has 0 radical (unpaired) electrons. The van der Waals surface area contributed by atoms with Crippen molar-refractivity contribution < 1.29 is 9.90 Å². The van der Waals surface area contributed by atoms with Crippen molar-refractivity contribution in [2.45, 2.75) is 44.8 Å². The maximum absolute atomic E-state index is 12.4. The number of hydrogen-bond acceptors (Lipinski definition) is 4. The van der Waals surface area contributed by atoms with Crippen LogP contribution in [-0.4, -0.2) is 27.1 Å². The number of amides is 1. The van der Waals surface area contributed by atoms with Gasteiger partial charge in [-0.25, -0.2) is 9.97 Å². The largest absolute Gasteiger partial charge is 0.393 e. The van der Waals surface area contributed by atoms with Crippen LogP contribution >= 0.6 is 0 Å². The average Bonchev–Trinajstić information content (AvgIpc) is 2.63. The molecule has 2 aromatic rings. The molecule has 1 saturated carbocycles. The Morgan fingerprint density at radius 3 is 2.33 bits per heavy atom. The number of benzene rings is 1. The van der Waals surface area contributed by atoms with Crippen LogP contribution in [0.4, 0.5) is 0 Å². The molecule has 0 aliphatic heterocycles. The number of aliphatic hydroxyl groups excluding tert-OH is 1. The predicted molar refractivity (Wildman–Crippen MR) is 92.0 cm³/mol. The Morgan fingerprint density at radius 2 is 1.71 bits per heavy atom. The maximum Gasteiger partial charge on any atom is 0.223 e. The number of carbonyl (C=O) groups excluding carboxylic acids is 1. The van der Waals surface area contributed by atoms with E-state index in [1.165, 1.54) is 6.33 Å². The number of aliphatic hydroxyl groups is 1. The fourth-order valence-corrected chi connectivity index (χ4v) is 3.16. The molecule has 1 aromatic carbocycles. The number of nitrogens with zero attached hydrogens (tertiary/aromatic N) is 2. The minimum Gasteiger partial charge on any atom is -0.393 e. The van der Waals surface area contributed by atoms with Gasteiger partial charge in [0.25, 0.3) is 0 Å². The van der Waals surface area contributed by atoms with Crippen molar-refractivity contribution in [3.05, 3.63) is 48.5 Å². The van der Waals surface area contributed by atoms with Crippen LogP contribution in [-0.2, 0) is 4.79 Å². The average molecular weight is 325 g/mol. The predicted octanol–water partition coefficient (Wildman–Crippen LogP) is 2.87. The Labute approximate surface area is 142 Å². The van der Waals surface area contributed by atoms with Gasteiger partial charge < -0.3 is 10.4 Å². The summed E-state index contributed by atoms with van der Waals surface area (Å²) in [4.78, 5) is 20.4.